The van der Waals surface area contributed by atoms with Crippen molar-refractivity contribution < 1.29 is 9.53 Å². The zero-order valence-electron chi connectivity index (χ0n) is 18.1. The van der Waals surface area contributed by atoms with Crippen LogP contribution in [-0.4, -0.2) is 57.5 Å². The van der Waals surface area contributed by atoms with Gasteiger partial charge in [0.15, 0.2) is 5.65 Å². The summed E-state index contributed by atoms with van der Waals surface area (Å²) in [6.07, 6.45) is 6.17. The number of carbonyl (C=O) groups excluding carboxylic acids is 1. The molecule has 2 fully saturated rings. The van der Waals surface area contributed by atoms with Gasteiger partial charge < -0.3 is 14.5 Å². The third-order valence-corrected chi connectivity index (χ3v) is 5.84. The molecule has 4 rings (SSSR count). The molecule has 0 aromatic carbocycles. The number of hydrogen-bond donors (Lipinski definition) is 0. The molecule has 168 valence electrons. The highest BCUT2D eigenvalue weighted by Gasteiger charge is 2.33. The number of carbonyl (C=O) groups is 1. The first-order valence-corrected chi connectivity index (χ1v) is 11.1. The second-order valence-corrected chi connectivity index (χ2v) is 8.45. The minimum absolute atomic E-state index is 0.131. The largest absolute Gasteiger partial charge is 0.359 e. The fourth-order valence-electron chi connectivity index (χ4n) is 4.03. The first kappa shape index (κ1) is 23.6. The van der Waals surface area contributed by atoms with E-state index >= 15 is 0 Å². The molecule has 0 aliphatic carbocycles. The molecule has 2 aromatic heterocycles. The monoisotopic (exact) mass is 499 g/mol. The molecule has 2 aliphatic heterocycles. The lowest BCUT2D eigenvalue weighted by Crippen LogP contribution is -2.42. The van der Waals surface area contributed by atoms with Crippen LogP contribution in [0.1, 0.15) is 36.6 Å². The lowest BCUT2D eigenvalue weighted by molar-refractivity contribution is -0.127. The molecule has 1 unspecified atom stereocenters. The predicted octanol–water partition coefficient (Wildman–Crippen LogP) is 3.52. The van der Waals surface area contributed by atoms with E-state index in [-0.39, 0.29) is 17.7 Å². The Morgan fingerprint density at radius 3 is 2.84 bits per heavy atom. The Kier molecular flexibility index (Phi) is 7.77. The predicted molar refractivity (Wildman–Crippen MR) is 127 cm³/mol. The van der Waals surface area contributed by atoms with Gasteiger partial charge in [-0.15, -0.1) is 0 Å². The van der Waals surface area contributed by atoms with Gasteiger partial charge in [0.1, 0.15) is 18.3 Å². The van der Waals surface area contributed by atoms with Crippen LogP contribution >= 0.6 is 15.9 Å². The highest BCUT2D eigenvalue weighted by molar-refractivity contribution is 9.12. The molecule has 10 heteroatoms. The van der Waals surface area contributed by atoms with E-state index in [2.05, 4.69) is 45.6 Å². The van der Waals surface area contributed by atoms with Gasteiger partial charge in [-0.1, -0.05) is 13.2 Å². The van der Waals surface area contributed by atoms with E-state index < -0.39 is 0 Å². The number of anilines is 1. The summed E-state index contributed by atoms with van der Waals surface area (Å²) in [6, 6.07) is 1.84. The number of fused-ring (bicyclic) bond motifs is 1. The van der Waals surface area contributed by atoms with Crippen molar-refractivity contribution in [2.45, 2.75) is 32.2 Å². The highest BCUT2D eigenvalue weighted by Crippen LogP contribution is 2.32. The first-order chi connectivity index (χ1) is 15.5. The molecular weight excluding hydrogens is 474 g/mol. The molecule has 0 radical (unpaired) electrons. The summed E-state index contributed by atoms with van der Waals surface area (Å²) in [5, 5.41) is 11.3. The smallest absolute Gasteiger partial charge is 0.274 e. The van der Waals surface area contributed by atoms with Crippen LogP contribution in [0.25, 0.3) is 5.65 Å². The van der Waals surface area contributed by atoms with Crippen molar-refractivity contribution in [3.05, 3.63) is 47.4 Å². The molecule has 32 heavy (non-hydrogen) atoms. The Morgan fingerprint density at radius 2 is 2.19 bits per heavy atom. The van der Waals surface area contributed by atoms with Gasteiger partial charge in [-0.2, -0.15) is 5.10 Å². The number of nitriles is 1. The van der Waals surface area contributed by atoms with Gasteiger partial charge in [0, 0.05) is 48.2 Å². The standard InChI is InChI=1S/C21H25BrN6O2.CHN/c1-4-23-19(15(3)22)21(29)27-8-6-5-7-17(27)16-11-18-24-20(26-9-10-30-13-26)14(2)12-28(18)25-16;1-2/h4,11-12,17H,1,3,5-10,13H2,2H3;1H. The topological polar surface area (TPSA) is 99.1 Å². The number of ether oxygens (including phenoxy) is 1. The van der Waals surface area contributed by atoms with E-state index in [1.807, 2.05) is 24.1 Å². The lowest BCUT2D eigenvalue weighted by Gasteiger charge is -2.34. The minimum atomic E-state index is -0.169. The van der Waals surface area contributed by atoms with Crippen molar-refractivity contribution in [3.63, 3.8) is 0 Å². The maximum absolute atomic E-state index is 13.2. The molecule has 9 nitrogen and oxygen atoms in total. The molecule has 0 bridgehead atoms. The number of likely N-dealkylation sites (tertiary alicyclic amines) is 1. The average molecular weight is 500 g/mol. The summed E-state index contributed by atoms with van der Waals surface area (Å²) < 4.78 is 7.71. The third-order valence-electron chi connectivity index (χ3n) is 5.46. The molecular formula is C22H26BrN7O2. The Labute approximate surface area is 195 Å². The van der Waals surface area contributed by atoms with Gasteiger partial charge in [0.2, 0.25) is 0 Å². The van der Waals surface area contributed by atoms with E-state index in [0.717, 1.165) is 48.5 Å². The zero-order chi connectivity index (χ0) is 23.3. The Balaban J connectivity index is 0.00000141. The van der Waals surface area contributed by atoms with Gasteiger partial charge in [0.05, 0.1) is 18.3 Å². The third kappa shape index (κ3) is 4.74. The van der Waals surface area contributed by atoms with Crippen LogP contribution in [-0.2, 0) is 9.53 Å². The molecule has 0 saturated carbocycles. The number of aryl methyl sites for hydroxylation is 1. The quantitative estimate of drug-likeness (QED) is 0.583. The molecule has 2 saturated heterocycles. The SMILES string of the molecule is C#N.C=CN=C(C(=C)Br)C(=O)N1CCCCC1c1cc2nc(N3CCOC3)c(C)cn2n1. The number of halogens is 1. The lowest BCUT2D eigenvalue weighted by atomic mass is 9.98. The number of amides is 1. The van der Waals surface area contributed by atoms with Crippen LogP contribution < -0.4 is 4.90 Å². The van der Waals surface area contributed by atoms with E-state index in [0.29, 0.717) is 24.4 Å². The van der Waals surface area contributed by atoms with Crippen molar-refractivity contribution in [1.82, 2.24) is 19.5 Å². The number of rotatable bonds is 5. The van der Waals surface area contributed by atoms with Crippen LogP contribution in [0.3, 0.4) is 0 Å². The normalized spacial score (nSPS) is 18.9. The summed E-state index contributed by atoms with van der Waals surface area (Å²) in [5.74, 6) is 0.747. The highest BCUT2D eigenvalue weighted by atomic mass is 79.9. The van der Waals surface area contributed by atoms with Crippen molar-refractivity contribution in [1.29, 1.82) is 5.26 Å². The number of aliphatic imine (C=N–C) groups is 1. The summed E-state index contributed by atoms with van der Waals surface area (Å²) in [5.41, 5.74) is 2.91. The fourth-order valence-corrected chi connectivity index (χ4v) is 4.31. The number of nitrogens with zero attached hydrogens (tertiary/aromatic N) is 7. The van der Waals surface area contributed by atoms with E-state index in [1.165, 1.54) is 6.20 Å². The van der Waals surface area contributed by atoms with Crippen LogP contribution in [0.15, 0.2) is 41.1 Å². The molecule has 4 heterocycles. The fraction of sp³-hybridized carbons (Fsp3) is 0.409. The summed E-state index contributed by atoms with van der Waals surface area (Å²) in [4.78, 5) is 26.1. The zero-order valence-corrected chi connectivity index (χ0v) is 19.7. The second kappa shape index (κ2) is 10.5. The average Bonchev–Trinajstić information content (AvgIpc) is 3.47. The van der Waals surface area contributed by atoms with Crippen LogP contribution in [0.2, 0.25) is 0 Å². The Bertz CT molecular complexity index is 1070. The van der Waals surface area contributed by atoms with Gasteiger partial charge in [-0.3, -0.25) is 9.79 Å². The maximum Gasteiger partial charge on any atom is 0.274 e. The van der Waals surface area contributed by atoms with E-state index in [9.17, 15) is 4.79 Å². The summed E-state index contributed by atoms with van der Waals surface area (Å²) in [6.45, 7) is 15.7. The first-order valence-electron chi connectivity index (χ1n) is 10.3. The van der Waals surface area contributed by atoms with Crippen molar-refractivity contribution >= 4 is 39.0 Å². The van der Waals surface area contributed by atoms with E-state index in [1.54, 1.807) is 4.52 Å². The van der Waals surface area contributed by atoms with Crippen LogP contribution in [0.5, 0.6) is 0 Å². The van der Waals surface area contributed by atoms with Gasteiger partial charge in [0.25, 0.3) is 5.91 Å². The number of piperidine rings is 1. The number of hydrogen-bond acceptors (Lipinski definition) is 7. The van der Waals surface area contributed by atoms with E-state index in [4.69, 9.17) is 20.1 Å². The molecule has 2 aromatic rings. The second-order valence-electron chi connectivity index (χ2n) is 7.50. The summed E-state index contributed by atoms with van der Waals surface area (Å²) in [7, 11) is 0. The molecule has 1 amide bonds. The van der Waals surface area contributed by atoms with Crippen molar-refractivity contribution in [2.75, 3.05) is 31.3 Å². The van der Waals surface area contributed by atoms with Crippen LogP contribution in [0.4, 0.5) is 5.82 Å². The summed E-state index contributed by atoms with van der Waals surface area (Å²) >= 11 is 3.30. The minimum Gasteiger partial charge on any atom is -0.359 e. The van der Waals surface area contributed by atoms with Crippen molar-refractivity contribution in [2.24, 2.45) is 4.99 Å². The Hall–Kier alpha value is -3.03. The molecule has 0 N–H and O–H groups in total. The molecule has 0 spiro atoms. The molecule has 1 atom stereocenters. The van der Waals surface area contributed by atoms with Crippen LogP contribution in [0, 0.1) is 18.8 Å². The van der Waals surface area contributed by atoms with Crippen molar-refractivity contribution in [3.8, 4) is 6.57 Å². The maximum atomic E-state index is 13.2. The van der Waals surface area contributed by atoms with Gasteiger partial charge in [-0.05, 0) is 42.1 Å². The molecule has 2 aliphatic rings. The Morgan fingerprint density at radius 1 is 1.41 bits per heavy atom. The number of aromatic nitrogens is 3. The van der Waals surface area contributed by atoms with Gasteiger partial charge >= 0.3 is 0 Å². The van der Waals surface area contributed by atoms with Gasteiger partial charge in [-0.25, -0.2) is 14.8 Å².